The minimum atomic E-state index is -0.358. The number of methoxy groups -OCH3 is 3. The van der Waals surface area contributed by atoms with E-state index < -0.39 is 0 Å². The smallest absolute Gasteiger partial charge is 0.274 e. The van der Waals surface area contributed by atoms with Crippen LogP contribution < -0.4 is 19.5 Å². The third kappa shape index (κ3) is 3.59. The molecule has 0 bridgehead atoms. The zero-order valence-corrected chi connectivity index (χ0v) is 18.1. The highest BCUT2D eigenvalue weighted by Gasteiger charge is 2.18. The van der Waals surface area contributed by atoms with Gasteiger partial charge in [0.1, 0.15) is 11.4 Å². The molecule has 3 aromatic heterocycles. The van der Waals surface area contributed by atoms with Crippen molar-refractivity contribution in [1.29, 1.82) is 0 Å². The summed E-state index contributed by atoms with van der Waals surface area (Å²) in [5.41, 5.74) is 3.16. The molecule has 2 aromatic carbocycles. The van der Waals surface area contributed by atoms with E-state index in [1.165, 1.54) is 21.3 Å². The van der Waals surface area contributed by atoms with E-state index in [0.717, 1.165) is 21.8 Å². The van der Waals surface area contributed by atoms with Gasteiger partial charge in [-0.05, 0) is 24.3 Å². The minimum absolute atomic E-state index is 0.199. The number of pyridine rings is 1. The Labute approximate surface area is 188 Å². The van der Waals surface area contributed by atoms with Crippen LogP contribution in [-0.2, 0) is 0 Å². The molecular weight excluding hydrogens is 424 g/mol. The number of carbonyl (C=O) groups excluding carboxylic acids is 1. The lowest BCUT2D eigenvalue weighted by molar-refractivity contribution is 0.102. The molecule has 0 atom stereocenters. The van der Waals surface area contributed by atoms with Gasteiger partial charge in [0.15, 0.2) is 11.5 Å². The number of ether oxygens (including phenoxy) is 3. The van der Waals surface area contributed by atoms with E-state index in [1.54, 1.807) is 30.5 Å². The Morgan fingerprint density at radius 3 is 2.45 bits per heavy atom. The molecule has 5 aromatic rings. The van der Waals surface area contributed by atoms with Gasteiger partial charge in [0.05, 0.1) is 32.4 Å². The SMILES string of the molecule is COc1cc(-c2cc(NC(=O)c3cc4ccc5cccnc5c4[nH]3)on2)cc(OC)c1OC. The Morgan fingerprint density at radius 2 is 1.73 bits per heavy atom. The van der Waals surface area contributed by atoms with Gasteiger partial charge in [-0.1, -0.05) is 23.4 Å². The number of benzene rings is 2. The van der Waals surface area contributed by atoms with E-state index in [9.17, 15) is 4.79 Å². The van der Waals surface area contributed by atoms with E-state index in [2.05, 4.69) is 20.4 Å². The highest BCUT2D eigenvalue weighted by molar-refractivity contribution is 6.10. The molecule has 33 heavy (non-hydrogen) atoms. The molecule has 0 unspecified atom stereocenters. The van der Waals surface area contributed by atoms with Crippen molar-refractivity contribution in [2.24, 2.45) is 0 Å². The Hall–Kier alpha value is -4.53. The number of carbonyl (C=O) groups is 1. The lowest BCUT2D eigenvalue weighted by Crippen LogP contribution is -2.11. The minimum Gasteiger partial charge on any atom is -0.493 e. The van der Waals surface area contributed by atoms with Crippen molar-refractivity contribution in [2.45, 2.75) is 0 Å². The molecular formula is C24H20N4O5. The molecule has 0 radical (unpaired) electrons. The summed E-state index contributed by atoms with van der Waals surface area (Å²) in [7, 11) is 4.61. The third-order valence-corrected chi connectivity index (χ3v) is 5.32. The second-order valence-electron chi connectivity index (χ2n) is 7.23. The fraction of sp³-hybridized carbons (Fsp3) is 0.125. The zero-order valence-electron chi connectivity index (χ0n) is 18.1. The van der Waals surface area contributed by atoms with Crippen LogP contribution in [0.3, 0.4) is 0 Å². The summed E-state index contributed by atoms with van der Waals surface area (Å²) in [4.78, 5) is 20.4. The maximum absolute atomic E-state index is 12.8. The number of nitrogens with one attached hydrogen (secondary N) is 2. The average Bonchev–Trinajstić information content (AvgIpc) is 3.50. The Kier molecular flexibility index (Phi) is 5.06. The van der Waals surface area contributed by atoms with Crippen LogP contribution in [-0.4, -0.2) is 42.4 Å². The number of amides is 1. The van der Waals surface area contributed by atoms with E-state index in [1.807, 2.05) is 24.3 Å². The summed E-state index contributed by atoms with van der Waals surface area (Å²) in [5, 5.41) is 8.67. The molecule has 0 aliphatic heterocycles. The molecule has 9 heteroatoms. The van der Waals surface area contributed by atoms with Crippen LogP contribution in [0.2, 0.25) is 0 Å². The Bertz CT molecular complexity index is 1460. The lowest BCUT2D eigenvalue weighted by Gasteiger charge is -2.13. The van der Waals surface area contributed by atoms with Crippen molar-refractivity contribution < 1.29 is 23.5 Å². The summed E-state index contributed by atoms with van der Waals surface area (Å²) >= 11 is 0. The van der Waals surface area contributed by atoms with Crippen molar-refractivity contribution in [3.63, 3.8) is 0 Å². The topological polar surface area (TPSA) is 112 Å². The third-order valence-electron chi connectivity index (χ3n) is 5.32. The van der Waals surface area contributed by atoms with Crippen molar-refractivity contribution in [3.8, 4) is 28.5 Å². The number of rotatable bonds is 6. The summed E-state index contributed by atoms with van der Waals surface area (Å²) in [6.45, 7) is 0. The van der Waals surface area contributed by atoms with Gasteiger partial charge < -0.3 is 23.7 Å². The van der Waals surface area contributed by atoms with Crippen molar-refractivity contribution in [1.82, 2.24) is 15.1 Å². The first-order valence-corrected chi connectivity index (χ1v) is 10.1. The fourth-order valence-electron chi connectivity index (χ4n) is 3.74. The van der Waals surface area contributed by atoms with Gasteiger partial charge in [0.25, 0.3) is 5.91 Å². The quantitative estimate of drug-likeness (QED) is 0.392. The van der Waals surface area contributed by atoms with Gasteiger partial charge >= 0.3 is 0 Å². The highest BCUT2D eigenvalue weighted by atomic mass is 16.5. The van der Waals surface area contributed by atoms with Crippen molar-refractivity contribution in [2.75, 3.05) is 26.6 Å². The fourth-order valence-corrected chi connectivity index (χ4v) is 3.74. The number of fused-ring (bicyclic) bond motifs is 3. The molecule has 3 heterocycles. The number of hydrogen-bond acceptors (Lipinski definition) is 7. The maximum Gasteiger partial charge on any atom is 0.274 e. The largest absolute Gasteiger partial charge is 0.493 e. The second kappa shape index (κ2) is 8.19. The van der Waals surface area contributed by atoms with Crippen LogP contribution >= 0.6 is 0 Å². The van der Waals surface area contributed by atoms with E-state index in [-0.39, 0.29) is 11.8 Å². The van der Waals surface area contributed by atoms with Crippen LogP contribution in [0.15, 0.2) is 59.3 Å². The van der Waals surface area contributed by atoms with Crippen LogP contribution in [0.25, 0.3) is 33.1 Å². The van der Waals surface area contributed by atoms with Crippen molar-refractivity contribution >= 4 is 33.6 Å². The first kappa shape index (κ1) is 20.4. The predicted octanol–water partition coefficient (Wildman–Crippen LogP) is 4.65. The monoisotopic (exact) mass is 444 g/mol. The highest BCUT2D eigenvalue weighted by Crippen LogP contribution is 2.41. The van der Waals surface area contributed by atoms with Gasteiger partial charge in [-0.2, -0.15) is 0 Å². The van der Waals surface area contributed by atoms with Crippen LogP contribution in [0, 0.1) is 0 Å². The molecule has 9 nitrogen and oxygen atoms in total. The van der Waals surface area contributed by atoms with E-state index >= 15 is 0 Å². The van der Waals surface area contributed by atoms with Crippen LogP contribution in [0.5, 0.6) is 17.2 Å². The van der Waals surface area contributed by atoms with Gasteiger partial charge in [-0.25, -0.2) is 0 Å². The van der Waals surface area contributed by atoms with Gasteiger partial charge in [-0.15, -0.1) is 0 Å². The standard InChI is InChI=1S/C24H20N4O5/c1-30-18-10-15(11-19(31-2)23(18)32-3)16-12-20(33-28-16)27-24(29)17-9-14-7-6-13-5-4-8-25-21(13)22(14)26-17/h4-12,26H,1-3H3,(H,27,29). The molecule has 0 aliphatic rings. The number of aromatic amines is 1. The maximum atomic E-state index is 12.8. The molecule has 0 aliphatic carbocycles. The lowest BCUT2D eigenvalue weighted by atomic mass is 10.1. The summed E-state index contributed by atoms with van der Waals surface area (Å²) in [6.07, 6.45) is 1.72. The molecule has 0 saturated carbocycles. The second-order valence-corrected chi connectivity index (χ2v) is 7.23. The van der Waals surface area contributed by atoms with Crippen LogP contribution in [0.1, 0.15) is 10.5 Å². The Balaban J connectivity index is 1.42. The molecule has 166 valence electrons. The molecule has 5 rings (SSSR count). The van der Waals surface area contributed by atoms with Gasteiger partial charge in [0.2, 0.25) is 11.6 Å². The number of anilines is 1. The van der Waals surface area contributed by atoms with Crippen molar-refractivity contribution in [3.05, 3.63) is 60.4 Å². The molecule has 0 saturated heterocycles. The number of aromatic nitrogens is 3. The first-order chi connectivity index (χ1) is 16.1. The van der Waals surface area contributed by atoms with E-state index in [4.69, 9.17) is 18.7 Å². The first-order valence-electron chi connectivity index (χ1n) is 10.1. The number of hydrogen-bond donors (Lipinski definition) is 2. The summed E-state index contributed by atoms with van der Waals surface area (Å²) < 4.78 is 21.5. The molecule has 0 spiro atoms. The number of H-pyrrole nitrogens is 1. The normalized spacial score (nSPS) is 11.0. The average molecular weight is 444 g/mol. The summed E-state index contributed by atoms with van der Waals surface area (Å²) in [6, 6.07) is 14.7. The predicted molar refractivity (Wildman–Crippen MR) is 123 cm³/mol. The Morgan fingerprint density at radius 1 is 0.970 bits per heavy atom. The van der Waals surface area contributed by atoms with Crippen LogP contribution in [0.4, 0.5) is 5.88 Å². The molecule has 0 fully saturated rings. The van der Waals surface area contributed by atoms with Gasteiger partial charge in [-0.3, -0.25) is 15.1 Å². The van der Waals surface area contributed by atoms with E-state index in [0.29, 0.717) is 34.2 Å². The van der Waals surface area contributed by atoms with Gasteiger partial charge in [0, 0.05) is 28.6 Å². The molecule has 1 amide bonds. The summed E-state index contributed by atoms with van der Waals surface area (Å²) in [5.74, 6) is 1.29. The number of nitrogens with zero attached hydrogens (tertiary/aromatic N) is 2. The molecule has 2 N–H and O–H groups in total. The zero-order chi connectivity index (χ0) is 22.9.